The number of carbonyl (C=O) groups is 1. The third-order valence-corrected chi connectivity index (χ3v) is 4.50. The van der Waals surface area contributed by atoms with E-state index in [2.05, 4.69) is 15.4 Å². The zero-order valence-corrected chi connectivity index (χ0v) is 13.9. The Kier molecular flexibility index (Phi) is 4.52. The van der Waals surface area contributed by atoms with Gasteiger partial charge in [-0.3, -0.25) is 9.48 Å². The summed E-state index contributed by atoms with van der Waals surface area (Å²) >= 11 is 1.60. The summed E-state index contributed by atoms with van der Waals surface area (Å²) in [7, 11) is 0. The van der Waals surface area contributed by atoms with Crippen LogP contribution in [-0.2, 0) is 6.54 Å². The van der Waals surface area contributed by atoms with E-state index in [-0.39, 0.29) is 11.9 Å². The molecule has 1 amide bonds. The van der Waals surface area contributed by atoms with Crippen molar-refractivity contribution in [1.29, 1.82) is 0 Å². The lowest BCUT2D eigenvalue weighted by atomic mass is 10.0. The molecule has 0 bridgehead atoms. The fourth-order valence-electron chi connectivity index (χ4n) is 2.54. The van der Waals surface area contributed by atoms with Crippen LogP contribution in [0.2, 0.25) is 0 Å². The van der Waals surface area contributed by atoms with E-state index in [0.717, 1.165) is 21.6 Å². The summed E-state index contributed by atoms with van der Waals surface area (Å²) < 4.78 is 1.71. The number of nitrogens with zero attached hydrogens (tertiary/aromatic N) is 3. The van der Waals surface area contributed by atoms with Crippen molar-refractivity contribution in [2.24, 2.45) is 0 Å². The largest absolute Gasteiger partial charge is 0.348 e. The van der Waals surface area contributed by atoms with Crippen LogP contribution in [0, 0.1) is 6.92 Å². The molecule has 0 fully saturated rings. The molecule has 1 aromatic carbocycles. The molecule has 0 spiro atoms. The van der Waals surface area contributed by atoms with Gasteiger partial charge in [0.2, 0.25) is 0 Å². The Labute approximate surface area is 139 Å². The van der Waals surface area contributed by atoms with E-state index in [1.807, 2.05) is 49.6 Å². The highest BCUT2D eigenvalue weighted by Gasteiger charge is 2.18. The first-order chi connectivity index (χ1) is 11.1. The Bertz CT molecular complexity index is 780. The van der Waals surface area contributed by atoms with Gasteiger partial charge in [-0.05, 0) is 19.4 Å². The van der Waals surface area contributed by atoms with Gasteiger partial charge < -0.3 is 5.32 Å². The lowest BCUT2D eigenvalue weighted by molar-refractivity contribution is 0.0937. The van der Waals surface area contributed by atoms with Crippen molar-refractivity contribution in [2.75, 3.05) is 0 Å². The first-order valence-electron chi connectivity index (χ1n) is 7.42. The number of thiophene rings is 1. The summed E-state index contributed by atoms with van der Waals surface area (Å²) in [6.07, 6.45) is 3.14. The molecule has 0 saturated carbocycles. The fourth-order valence-corrected chi connectivity index (χ4v) is 3.41. The van der Waals surface area contributed by atoms with Crippen molar-refractivity contribution in [1.82, 2.24) is 20.1 Å². The highest BCUT2D eigenvalue weighted by molar-refractivity contribution is 7.10. The molecule has 6 heteroatoms. The number of hydrogen-bond acceptors (Lipinski definition) is 4. The number of amides is 1. The Morgan fingerprint density at radius 2 is 2.13 bits per heavy atom. The van der Waals surface area contributed by atoms with Gasteiger partial charge in [0.25, 0.3) is 5.91 Å². The van der Waals surface area contributed by atoms with E-state index < -0.39 is 0 Å². The summed E-state index contributed by atoms with van der Waals surface area (Å²) in [6, 6.07) is 9.98. The standard InChI is InChI=1S/C17H18N4OS/c1-12(8-21-11-18-10-19-21)20-17(22)15-9-23-13(2)16(15)14-6-4-3-5-7-14/h3-7,9-12H,8H2,1-2H3,(H,20,22). The molecular weight excluding hydrogens is 308 g/mol. The predicted molar refractivity (Wildman–Crippen MR) is 91.4 cm³/mol. The van der Waals surface area contributed by atoms with E-state index in [1.165, 1.54) is 6.33 Å². The fraction of sp³-hybridized carbons (Fsp3) is 0.235. The maximum absolute atomic E-state index is 12.6. The average Bonchev–Trinajstić information content (AvgIpc) is 3.17. The lowest BCUT2D eigenvalue weighted by Gasteiger charge is -2.14. The van der Waals surface area contributed by atoms with Crippen molar-refractivity contribution in [3.05, 3.63) is 58.8 Å². The van der Waals surface area contributed by atoms with E-state index in [4.69, 9.17) is 0 Å². The monoisotopic (exact) mass is 326 g/mol. The minimum Gasteiger partial charge on any atom is -0.348 e. The first-order valence-corrected chi connectivity index (χ1v) is 8.30. The van der Waals surface area contributed by atoms with Crippen molar-refractivity contribution in [3.8, 4) is 11.1 Å². The van der Waals surface area contributed by atoms with Gasteiger partial charge in [0.05, 0.1) is 12.1 Å². The van der Waals surface area contributed by atoms with Crippen LogP contribution < -0.4 is 5.32 Å². The Balaban J connectivity index is 1.78. The van der Waals surface area contributed by atoms with E-state index >= 15 is 0 Å². The minimum atomic E-state index is -0.0548. The normalized spacial score (nSPS) is 12.1. The second-order valence-corrected chi connectivity index (χ2v) is 6.52. The number of carbonyl (C=O) groups excluding carboxylic acids is 1. The molecule has 0 aliphatic carbocycles. The predicted octanol–water partition coefficient (Wildman–Crippen LogP) is 3.13. The molecule has 1 N–H and O–H groups in total. The van der Waals surface area contributed by atoms with Gasteiger partial charge in [0, 0.05) is 21.9 Å². The molecule has 1 unspecified atom stereocenters. The second-order valence-electron chi connectivity index (χ2n) is 5.44. The maximum Gasteiger partial charge on any atom is 0.253 e. The van der Waals surface area contributed by atoms with Crippen LogP contribution in [0.5, 0.6) is 0 Å². The van der Waals surface area contributed by atoms with Gasteiger partial charge in [-0.15, -0.1) is 11.3 Å². The molecular formula is C17H18N4OS. The van der Waals surface area contributed by atoms with Crippen LogP contribution in [0.15, 0.2) is 48.4 Å². The highest BCUT2D eigenvalue weighted by atomic mass is 32.1. The third-order valence-electron chi connectivity index (χ3n) is 3.59. The molecule has 2 heterocycles. The minimum absolute atomic E-state index is 0.0342. The molecule has 5 nitrogen and oxygen atoms in total. The van der Waals surface area contributed by atoms with Crippen molar-refractivity contribution >= 4 is 17.2 Å². The van der Waals surface area contributed by atoms with Gasteiger partial charge >= 0.3 is 0 Å². The van der Waals surface area contributed by atoms with Gasteiger partial charge in [-0.2, -0.15) is 5.10 Å². The Morgan fingerprint density at radius 3 is 2.83 bits per heavy atom. The molecule has 3 aromatic rings. The average molecular weight is 326 g/mol. The Hall–Kier alpha value is -2.47. The van der Waals surface area contributed by atoms with Crippen LogP contribution in [-0.4, -0.2) is 26.7 Å². The molecule has 0 aliphatic heterocycles. The SMILES string of the molecule is Cc1scc(C(=O)NC(C)Cn2cncn2)c1-c1ccccc1. The lowest BCUT2D eigenvalue weighted by Crippen LogP contribution is -2.35. The highest BCUT2D eigenvalue weighted by Crippen LogP contribution is 2.32. The van der Waals surface area contributed by atoms with Crippen LogP contribution in [0.4, 0.5) is 0 Å². The van der Waals surface area contributed by atoms with E-state index in [9.17, 15) is 4.79 Å². The van der Waals surface area contributed by atoms with Crippen molar-refractivity contribution < 1.29 is 4.79 Å². The molecule has 0 saturated heterocycles. The van der Waals surface area contributed by atoms with E-state index in [0.29, 0.717) is 6.54 Å². The molecule has 0 radical (unpaired) electrons. The first kappa shape index (κ1) is 15.4. The molecule has 1 atom stereocenters. The van der Waals surface area contributed by atoms with E-state index in [1.54, 1.807) is 22.3 Å². The van der Waals surface area contributed by atoms with Gasteiger partial charge in [-0.1, -0.05) is 30.3 Å². The number of rotatable bonds is 5. The molecule has 3 rings (SSSR count). The number of hydrogen-bond donors (Lipinski definition) is 1. The zero-order valence-electron chi connectivity index (χ0n) is 13.1. The van der Waals surface area contributed by atoms with Gasteiger partial charge in [0.15, 0.2) is 0 Å². The topological polar surface area (TPSA) is 59.8 Å². The summed E-state index contributed by atoms with van der Waals surface area (Å²) in [6.45, 7) is 4.60. The zero-order chi connectivity index (χ0) is 16.2. The number of nitrogens with one attached hydrogen (secondary N) is 1. The van der Waals surface area contributed by atoms with Crippen LogP contribution >= 0.6 is 11.3 Å². The quantitative estimate of drug-likeness (QED) is 0.783. The summed E-state index contributed by atoms with van der Waals surface area (Å²) in [5.41, 5.74) is 2.81. The number of aryl methyl sites for hydroxylation is 1. The summed E-state index contributed by atoms with van der Waals surface area (Å²) in [5.74, 6) is -0.0548. The van der Waals surface area contributed by atoms with Gasteiger partial charge in [-0.25, -0.2) is 4.98 Å². The molecule has 118 valence electrons. The summed E-state index contributed by atoms with van der Waals surface area (Å²) in [4.78, 5) is 17.7. The Morgan fingerprint density at radius 1 is 1.35 bits per heavy atom. The van der Waals surface area contributed by atoms with Crippen LogP contribution in [0.1, 0.15) is 22.2 Å². The number of aromatic nitrogens is 3. The second kappa shape index (κ2) is 6.75. The number of benzene rings is 1. The molecule has 2 aromatic heterocycles. The third kappa shape index (κ3) is 3.48. The maximum atomic E-state index is 12.6. The van der Waals surface area contributed by atoms with Gasteiger partial charge in [0.1, 0.15) is 12.7 Å². The smallest absolute Gasteiger partial charge is 0.253 e. The molecule has 23 heavy (non-hydrogen) atoms. The van der Waals surface area contributed by atoms with Crippen LogP contribution in [0.25, 0.3) is 11.1 Å². The van der Waals surface area contributed by atoms with Crippen LogP contribution in [0.3, 0.4) is 0 Å². The summed E-state index contributed by atoms with van der Waals surface area (Å²) in [5, 5.41) is 9.02. The molecule has 0 aliphatic rings. The van der Waals surface area contributed by atoms with Crippen molar-refractivity contribution in [3.63, 3.8) is 0 Å². The van der Waals surface area contributed by atoms with Crippen molar-refractivity contribution in [2.45, 2.75) is 26.4 Å².